The van der Waals surface area contributed by atoms with Gasteiger partial charge in [-0.1, -0.05) is 12.8 Å². The Hall–Kier alpha value is -0.940. The maximum atomic E-state index is 10.3. The van der Waals surface area contributed by atoms with Crippen LogP contribution in [0, 0.1) is 0 Å². The quantitative estimate of drug-likeness (QED) is 0.837. The minimum Gasteiger partial charge on any atom is -0.389 e. The van der Waals surface area contributed by atoms with E-state index in [0.29, 0.717) is 6.54 Å². The Morgan fingerprint density at radius 2 is 2.00 bits per heavy atom. The molecule has 1 fully saturated rings. The Morgan fingerprint density at radius 3 is 2.83 bits per heavy atom. The molecule has 0 unspecified atom stereocenters. The van der Waals surface area contributed by atoms with Crippen LogP contribution in [0.3, 0.4) is 0 Å². The standard InChI is InChI=1S/C13H22N4O/c18-13(6-2-3-7-13)10-14-9-12-16-15-11-5-1-4-8-17(11)12/h14,18H,1-10H2. The molecule has 2 heterocycles. The van der Waals surface area contributed by atoms with Crippen molar-refractivity contribution in [3.05, 3.63) is 11.6 Å². The fourth-order valence-electron chi connectivity index (χ4n) is 3.12. The highest BCUT2D eigenvalue weighted by molar-refractivity contribution is 4.99. The van der Waals surface area contributed by atoms with Gasteiger partial charge in [-0.25, -0.2) is 0 Å². The lowest BCUT2D eigenvalue weighted by atomic mass is 10.0. The van der Waals surface area contributed by atoms with Crippen molar-refractivity contribution in [3.63, 3.8) is 0 Å². The number of aromatic nitrogens is 3. The van der Waals surface area contributed by atoms with Gasteiger partial charge in [0.05, 0.1) is 12.1 Å². The molecule has 18 heavy (non-hydrogen) atoms. The molecule has 2 aliphatic rings. The second-order valence-electron chi connectivity index (χ2n) is 5.68. The van der Waals surface area contributed by atoms with E-state index in [2.05, 4.69) is 20.1 Å². The van der Waals surface area contributed by atoms with Crippen molar-refractivity contribution in [1.82, 2.24) is 20.1 Å². The van der Waals surface area contributed by atoms with Crippen LogP contribution in [0.2, 0.25) is 0 Å². The van der Waals surface area contributed by atoms with Gasteiger partial charge in [-0.05, 0) is 25.7 Å². The third-order valence-corrected chi connectivity index (χ3v) is 4.21. The summed E-state index contributed by atoms with van der Waals surface area (Å²) in [6, 6.07) is 0. The molecule has 3 rings (SSSR count). The Kier molecular flexibility index (Phi) is 3.35. The molecule has 0 radical (unpaired) electrons. The number of hydrogen-bond acceptors (Lipinski definition) is 4. The predicted molar refractivity (Wildman–Crippen MR) is 68.1 cm³/mol. The van der Waals surface area contributed by atoms with Crippen LogP contribution in [0.5, 0.6) is 0 Å². The lowest BCUT2D eigenvalue weighted by molar-refractivity contribution is 0.0472. The molecule has 0 amide bonds. The normalized spacial score (nSPS) is 22.1. The highest BCUT2D eigenvalue weighted by Crippen LogP contribution is 2.28. The average Bonchev–Trinajstić information content (AvgIpc) is 2.97. The fourth-order valence-corrected chi connectivity index (χ4v) is 3.12. The number of aliphatic hydroxyl groups is 1. The Morgan fingerprint density at radius 1 is 1.17 bits per heavy atom. The van der Waals surface area contributed by atoms with E-state index in [1.165, 1.54) is 12.8 Å². The molecule has 0 atom stereocenters. The zero-order chi connectivity index (χ0) is 12.4. The molecule has 5 heteroatoms. The molecule has 1 aromatic rings. The molecule has 1 aliphatic heterocycles. The van der Waals surface area contributed by atoms with E-state index in [1.54, 1.807) is 0 Å². The minimum atomic E-state index is -0.481. The van der Waals surface area contributed by atoms with Crippen molar-refractivity contribution < 1.29 is 5.11 Å². The van der Waals surface area contributed by atoms with Crippen LogP contribution in [0.4, 0.5) is 0 Å². The number of fused-ring (bicyclic) bond motifs is 1. The fraction of sp³-hybridized carbons (Fsp3) is 0.846. The summed E-state index contributed by atoms with van der Waals surface area (Å²) in [4.78, 5) is 0. The SMILES string of the molecule is OC1(CNCc2nnc3n2CCCC3)CCCC1. The molecule has 1 aromatic heterocycles. The van der Waals surface area contributed by atoms with Gasteiger partial charge in [0, 0.05) is 19.5 Å². The van der Waals surface area contributed by atoms with E-state index in [0.717, 1.165) is 56.8 Å². The first-order valence-corrected chi connectivity index (χ1v) is 7.11. The van der Waals surface area contributed by atoms with Crippen molar-refractivity contribution >= 4 is 0 Å². The van der Waals surface area contributed by atoms with Gasteiger partial charge in [0.1, 0.15) is 11.6 Å². The number of hydrogen-bond donors (Lipinski definition) is 2. The van der Waals surface area contributed by atoms with E-state index in [4.69, 9.17) is 0 Å². The molecular weight excluding hydrogens is 228 g/mol. The highest BCUT2D eigenvalue weighted by atomic mass is 16.3. The monoisotopic (exact) mass is 250 g/mol. The van der Waals surface area contributed by atoms with Gasteiger partial charge < -0.3 is 15.0 Å². The largest absolute Gasteiger partial charge is 0.389 e. The van der Waals surface area contributed by atoms with Crippen LogP contribution in [0.15, 0.2) is 0 Å². The van der Waals surface area contributed by atoms with E-state index in [-0.39, 0.29) is 0 Å². The zero-order valence-electron chi connectivity index (χ0n) is 10.9. The summed E-state index contributed by atoms with van der Waals surface area (Å²) in [6.07, 6.45) is 7.66. The molecule has 100 valence electrons. The summed E-state index contributed by atoms with van der Waals surface area (Å²) in [5.74, 6) is 2.14. The molecule has 0 aromatic carbocycles. The Bertz CT molecular complexity index is 409. The highest BCUT2D eigenvalue weighted by Gasteiger charge is 2.30. The number of rotatable bonds is 4. The molecule has 0 bridgehead atoms. The van der Waals surface area contributed by atoms with Crippen molar-refractivity contribution in [1.29, 1.82) is 0 Å². The van der Waals surface area contributed by atoms with Crippen molar-refractivity contribution in [2.75, 3.05) is 6.54 Å². The third-order valence-electron chi connectivity index (χ3n) is 4.21. The van der Waals surface area contributed by atoms with Gasteiger partial charge in [-0.3, -0.25) is 0 Å². The van der Waals surface area contributed by atoms with Crippen LogP contribution < -0.4 is 5.32 Å². The summed E-state index contributed by atoms with van der Waals surface area (Å²) in [5, 5.41) is 22.1. The summed E-state index contributed by atoms with van der Waals surface area (Å²) in [6.45, 7) is 2.44. The zero-order valence-corrected chi connectivity index (χ0v) is 10.9. The van der Waals surface area contributed by atoms with Crippen LogP contribution in [-0.2, 0) is 19.5 Å². The van der Waals surface area contributed by atoms with Gasteiger partial charge >= 0.3 is 0 Å². The van der Waals surface area contributed by atoms with E-state index < -0.39 is 5.60 Å². The summed E-state index contributed by atoms with van der Waals surface area (Å²) < 4.78 is 2.23. The summed E-state index contributed by atoms with van der Waals surface area (Å²) >= 11 is 0. The second kappa shape index (κ2) is 4.97. The van der Waals surface area contributed by atoms with Crippen LogP contribution in [-0.4, -0.2) is 32.0 Å². The Labute approximate surface area is 108 Å². The number of nitrogens with one attached hydrogen (secondary N) is 1. The van der Waals surface area contributed by atoms with Gasteiger partial charge in [-0.15, -0.1) is 10.2 Å². The van der Waals surface area contributed by atoms with E-state index in [9.17, 15) is 5.11 Å². The van der Waals surface area contributed by atoms with Crippen molar-refractivity contribution in [2.45, 2.75) is 63.6 Å². The molecular formula is C13H22N4O. The smallest absolute Gasteiger partial charge is 0.147 e. The molecule has 1 aliphatic carbocycles. The van der Waals surface area contributed by atoms with Gasteiger partial charge in [-0.2, -0.15) is 0 Å². The molecule has 0 spiro atoms. The summed E-state index contributed by atoms with van der Waals surface area (Å²) in [5.41, 5.74) is -0.481. The van der Waals surface area contributed by atoms with E-state index >= 15 is 0 Å². The first-order valence-electron chi connectivity index (χ1n) is 7.11. The number of aryl methyl sites for hydroxylation is 1. The van der Waals surface area contributed by atoms with Crippen molar-refractivity contribution in [3.8, 4) is 0 Å². The first kappa shape index (κ1) is 12.1. The molecule has 1 saturated carbocycles. The molecule has 0 saturated heterocycles. The lowest BCUT2D eigenvalue weighted by Crippen LogP contribution is -2.38. The maximum Gasteiger partial charge on any atom is 0.147 e. The summed E-state index contributed by atoms with van der Waals surface area (Å²) in [7, 11) is 0. The number of nitrogens with zero attached hydrogens (tertiary/aromatic N) is 3. The Balaban J connectivity index is 1.55. The van der Waals surface area contributed by atoms with Crippen LogP contribution >= 0.6 is 0 Å². The van der Waals surface area contributed by atoms with Crippen LogP contribution in [0.1, 0.15) is 50.2 Å². The average molecular weight is 250 g/mol. The topological polar surface area (TPSA) is 63.0 Å². The first-order chi connectivity index (χ1) is 8.77. The van der Waals surface area contributed by atoms with Crippen LogP contribution in [0.25, 0.3) is 0 Å². The van der Waals surface area contributed by atoms with Crippen molar-refractivity contribution in [2.24, 2.45) is 0 Å². The van der Waals surface area contributed by atoms with Gasteiger partial charge in [0.15, 0.2) is 0 Å². The molecule has 2 N–H and O–H groups in total. The predicted octanol–water partition coefficient (Wildman–Crippen LogP) is 1.01. The maximum absolute atomic E-state index is 10.3. The second-order valence-corrected chi connectivity index (χ2v) is 5.68. The third kappa shape index (κ3) is 2.42. The van der Waals surface area contributed by atoms with E-state index in [1.807, 2.05) is 0 Å². The lowest BCUT2D eigenvalue weighted by Gasteiger charge is -2.22. The minimum absolute atomic E-state index is 0.481. The van der Waals surface area contributed by atoms with Gasteiger partial charge in [0.25, 0.3) is 0 Å². The molecule has 5 nitrogen and oxygen atoms in total. The van der Waals surface area contributed by atoms with Gasteiger partial charge in [0.2, 0.25) is 0 Å².